The van der Waals surface area contributed by atoms with Gasteiger partial charge in [-0.15, -0.1) is 11.6 Å². The van der Waals surface area contributed by atoms with Crippen LogP contribution in [-0.2, 0) is 4.57 Å². The van der Waals surface area contributed by atoms with E-state index in [1.807, 2.05) is 0 Å². The van der Waals surface area contributed by atoms with Crippen LogP contribution in [0.4, 0.5) is 0 Å². The molecule has 0 aliphatic heterocycles. The second-order valence-corrected chi connectivity index (χ2v) is 14.5. The second-order valence-electron chi connectivity index (χ2n) is 12.4. The van der Waals surface area contributed by atoms with Crippen molar-refractivity contribution in [1.29, 1.82) is 0 Å². The first-order valence-electron chi connectivity index (χ1n) is 17.7. The topological polar surface area (TPSA) is 57.5 Å². The molecule has 0 atom stereocenters. The molecule has 0 rings (SSSR count). The Hall–Kier alpha value is 0.440. The summed E-state index contributed by atoms with van der Waals surface area (Å²) in [5.41, 5.74) is 0. The fourth-order valence-corrected chi connectivity index (χ4v) is 6.54. The van der Waals surface area contributed by atoms with Crippen molar-refractivity contribution in [2.24, 2.45) is 0 Å². The minimum absolute atomic E-state index is 0.0604. The Labute approximate surface area is 250 Å². The molecule has 0 aliphatic carbocycles. The van der Waals surface area contributed by atoms with Crippen molar-refractivity contribution >= 4 is 19.2 Å². The largest absolute Gasteiger partial charge is 0.325 e. The van der Waals surface area contributed by atoms with Crippen LogP contribution in [-0.4, -0.2) is 21.8 Å². The molecule has 0 aromatic heterocycles. The van der Waals surface area contributed by atoms with Gasteiger partial charge in [0, 0.05) is 12.0 Å². The summed E-state index contributed by atoms with van der Waals surface area (Å²) in [6.07, 6.45) is 43.7. The van der Waals surface area contributed by atoms with Crippen molar-refractivity contribution in [2.75, 3.05) is 12.0 Å². The first-order valence-corrected chi connectivity index (χ1v) is 20.0. The predicted molar refractivity (Wildman–Crippen MR) is 175 cm³/mol. The molecule has 0 radical (unpaired) electrons. The Bertz CT molecular complexity index is 497. The van der Waals surface area contributed by atoms with Gasteiger partial charge in [-0.25, -0.2) is 0 Å². The minimum Gasteiger partial charge on any atom is -0.324 e. The van der Waals surface area contributed by atoms with Crippen molar-refractivity contribution in [3.63, 3.8) is 0 Å². The molecule has 39 heavy (non-hydrogen) atoms. The van der Waals surface area contributed by atoms with Gasteiger partial charge in [-0.05, 0) is 12.8 Å². The van der Waals surface area contributed by atoms with Crippen LogP contribution in [0.25, 0.3) is 0 Å². The van der Waals surface area contributed by atoms with Gasteiger partial charge >= 0.3 is 7.60 Å². The molecule has 0 spiro atoms. The van der Waals surface area contributed by atoms with Crippen LogP contribution in [0.2, 0.25) is 0 Å². The fourth-order valence-electron chi connectivity index (χ4n) is 5.72. The van der Waals surface area contributed by atoms with Crippen LogP contribution in [0.15, 0.2) is 0 Å². The fraction of sp³-hybridized carbons (Fsp3) is 1.00. The van der Waals surface area contributed by atoms with Gasteiger partial charge in [0.05, 0.1) is 0 Å². The van der Waals surface area contributed by atoms with Gasteiger partial charge in [-0.1, -0.05) is 193 Å². The van der Waals surface area contributed by atoms with E-state index in [9.17, 15) is 4.57 Å². The zero-order valence-electron chi connectivity index (χ0n) is 26.2. The number of rotatable bonds is 34. The lowest BCUT2D eigenvalue weighted by atomic mass is 10.0. The monoisotopic (exact) mass is 592 g/mol. The normalized spacial score (nSPS) is 12.0. The van der Waals surface area contributed by atoms with Gasteiger partial charge in [0.25, 0.3) is 0 Å². The smallest absolute Gasteiger partial charge is 0.324 e. The van der Waals surface area contributed by atoms with Gasteiger partial charge in [-0.2, -0.15) is 0 Å². The minimum atomic E-state index is -3.77. The third kappa shape index (κ3) is 38.4. The zero-order valence-corrected chi connectivity index (χ0v) is 27.8. The number of hydrogen-bond donors (Lipinski definition) is 2. The Balaban J connectivity index is 3.04. The lowest BCUT2D eigenvalue weighted by Crippen LogP contribution is -1.88. The molecule has 2 N–H and O–H groups in total. The molecular weight excluding hydrogens is 523 g/mol. The first kappa shape index (κ1) is 39.4. The number of hydrogen-bond acceptors (Lipinski definition) is 1. The molecule has 0 bridgehead atoms. The summed E-state index contributed by atoms with van der Waals surface area (Å²) in [4.78, 5) is 17.7. The van der Waals surface area contributed by atoms with Crippen LogP contribution in [0.3, 0.4) is 0 Å². The highest BCUT2D eigenvalue weighted by atomic mass is 35.5. The Morgan fingerprint density at radius 3 is 0.615 bits per heavy atom. The molecule has 3 nitrogen and oxygen atoms in total. The van der Waals surface area contributed by atoms with Crippen LogP contribution in [0.5, 0.6) is 0 Å². The molecule has 0 aliphatic rings. The maximum Gasteiger partial charge on any atom is 0.325 e. The highest BCUT2D eigenvalue weighted by Gasteiger charge is 2.10. The third-order valence-electron chi connectivity index (χ3n) is 8.33. The van der Waals surface area contributed by atoms with Crippen LogP contribution in [0.1, 0.15) is 205 Å². The summed E-state index contributed by atoms with van der Waals surface area (Å²) in [5.74, 6) is 0.837. The number of unbranched alkanes of at least 4 members (excludes halogenated alkanes) is 31. The summed E-state index contributed by atoms with van der Waals surface area (Å²) in [6.45, 7) is 0. The van der Waals surface area contributed by atoms with Crippen molar-refractivity contribution in [3.05, 3.63) is 0 Å². The van der Waals surface area contributed by atoms with E-state index in [2.05, 4.69) is 0 Å². The van der Waals surface area contributed by atoms with Gasteiger partial charge in [0.2, 0.25) is 0 Å². The SMILES string of the molecule is O=P(O)(O)CCCCCCCCCCCCCCCCCCCCCCCCCCCCCCCCCCCl. The van der Waals surface area contributed by atoms with E-state index in [1.165, 1.54) is 186 Å². The molecule has 0 aromatic rings. The molecule has 0 unspecified atom stereocenters. The molecule has 0 fully saturated rings. The maximum atomic E-state index is 10.8. The van der Waals surface area contributed by atoms with Gasteiger partial charge < -0.3 is 9.79 Å². The molecule has 0 heterocycles. The van der Waals surface area contributed by atoms with E-state index < -0.39 is 7.60 Å². The van der Waals surface area contributed by atoms with E-state index in [-0.39, 0.29) is 6.16 Å². The standard InChI is InChI=1S/C34H70ClO3P/c35-33-31-29-27-25-23-21-19-17-15-13-11-9-7-5-3-1-2-4-6-8-10-12-14-16-18-20-22-24-26-28-30-32-34-39(36,37)38/h1-34H2,(H2,36,37,38). The summed E-state index contributed by atoms with van der Waals surface area (Å²) in [5, 5.41) is 0. The Morgan fingerprint density at radius 2 is 0.462 bits per heavy atom. The number of halogens is 1. The van der Waals surface area contributed by atoms with Crippen molar-refractivity contribution in [2.45, 2.75) is 205 Å². The van der Waals surface area contributed by atoms with Crippen LogP contribution >= 0.6 is 19.2 Å². The van der Waals surface area contributed by atoms with Gasteiger partial charge in [-0.3, -0.25) is 4.57 Å². The van der Waals surface area contributed by atoms with E-state index in [4.69, 9.17) is 21.4 Å². The lowest BCUT2D eigenvalue weighted by Gasteiger charge is -2.05. The first-order chi connectivity index (χ1) is 19.1. The summed E-state index contributed by atoms with van der Waals surface area (Å²) in [6, 6.07) is 0. The van der Waals surface area contributed by atoms with Crippen LogP contribution < -0.4 is 0 Å². The van der Waals surface area contributed by atoms with Crippen molar-refractivity contribution in [3.8, 4) is 0 Å². The summed E-state index contributed by atoms with van der Waals surface area (Å²) < 4.78 is 10.8. The molecule has 0 saturated heterocycles. The van der Waals surface area contributed by atoms with Gasteiger partial charge in [0.1, 0.15) is 0 Å². The van der Waals surface area contributed by atoms with E-state index in [0.29, 0.717) is 6.42 Å². The van der Waals surface area contributed by atoms with Gasteiger partial charge in [0.15, 0.2) is 0 Å². The molecule has 236 valence electrons. The van der Waals surface area contributed by atoms with Crippen LogP contribution in [0, 0.1) is 0 Å². The molecule has 0 amide bonds. The maximum absolute atomic E-state index is 10.8. The summed E-state index contributed by atoms with van der Waals surface area (Å²) >= 11 is 5.72. The lowest BCUT2D eigenvalue weighted by molar-refractivity contribution is 0.370. The highest BCUT2D eigenvalue weighted by molar-refractivity contribution is 7.51. The quantitative estimate of drug-likeness (QED) is 0.0443. The average Bonchev–Trinajstić information content (AvgIpc) is 2.90. The van der Waals surface area contributed by atoms with Crippen molar-refractivity contribution in [1.82, 2.24) is 0 Å². The molecule has 0 aromatic carbocycles. The summed E-state index contributed by atoms with van der Waals surface area (Å²) in [7, 11) is -3.77. The van der Waals surface area contributed by atoms with E-state index in [0.717, 1.165) is 18.7 Å². The number of alkyl halides is 1. The molecule has 5 heteroatoms. The Morgan fingerprint density at radius 1 is 0.308 bits per heavy atom. The van der Waals surface area contributed by atoms with E-state index in [1.54, 1.807) is 0 Å². The molecule has 0 saturated carbocycles. The zero-order chi connectivity index (χ0) is 28.5. The Kier molecular flexibility index (Phi) is 33.3. The van der Waals surface area contributed by atoms with Crippen molar-refractivity contribution < 1.29 is 14.4 Å². The third-order valence-corrected chi connectivity index (χ3v) is 9.50. The predicted octanol–water partition coefficient (Wildman–Crippen LogP) is 12.9. The average molecular weight is 593 g/mol. The van der Waals surface area contributed by atoms with E-state index >= 15 is 0 Å². The molecular formula is C34H70ClO3P. The highest BCUT2D eigenvalue weighted by Crippen LogP contribution is 2.35. The second kappa shape index (κ2) is 32.9.